The van der Waals surface area contributed by atoms with Gasteiger partial charge in [0.15, 0.2) is 0 Å². The van der Waals surface area contributed by atoms with Crippen LogP contribution in [0.5, 0.6) is 5.75 Å². The van der Waals surface area contributed by atoms with Crippen LogP contribution in [0.4, 0.5) is 28.8 Å². The third-order valence-corrected chi connectivity index (χ3v) is 5.30. The Morgan fingerprint density at radius 1 is 1.24 bits per heavy atom. The van der Waals surface area contributed by atoms with E-state index < -0.39 is 28.2 Å². The number of nitro groups is 1. The zero-order valence-corrected chi connectivity index (χ0v) is 18.2. The number of hydrogen-bond acceptors (Lipinski definition) is 8. The molecule has 0 saturated heterocycles. The van der Waals surface area contributed by atoms with Crippen LogP contribution in [-0.4, -0.2) is 33.8 Å². The van der Waals surface area contributed by atoms with Crippen LogP contribution in [0.25, 0.3) is 0 Å². The summed E-state index contributed by atoms with van der Waals surface area (Å²) in [5.74, 6) is -1.79. The van der Waals surface area contributed by atoms with Crippen molar-refractivity contribution in [3.63, 3.8) is 0 Å². The average molecular weight is 464 g/mol. The Hall–Kier alpha value is -4.74. The van der Waals surface area contributed by atoms with Crippen LogP contribution < -0.4 is 26.2 Å². The van der Waals surface area contributed by atoms with Crippen LogP contribution in [0.3, 0.4) is 0 Å². The normalized spacial score (nSPS) is 14.5. The molecule has 2 amide bonds. The molecule has 12 heteroatoms. The maximum Gasteiger partial charge on any atom is 0.274 e. The van der Waals surface area contributed by atoms with Crippen molar-refractivity contribution in [2.75, 3.05) is 23.1 Å². The van der Waals surface area contributed by atoms with Gasteiger partial charge in [-0.1, -0.05) is 18.2 Å². The highest BCUT2D eigenvalue weighted by Gasteiger charge is 2.35. The van der Waals surface area contributed by atoms with Crippen molar-refractivity contribution in [1.82, 2.24) is 9.97 Å². The van der Waals surface area contributed by atoms with Gasteiger partial charge in [0.25, 0.3) is 11.2 Å². The van der Waals surface area contributed by atoms with Crippen molar-refractivity contribution in [1.29, 1.82) is 0 Å². The molecule has 0 radical (unpaired) electrons. The first-order valence-corrected chi connectivity index (χ1v) is 10.2. The Balaban J connectivity index is 1.64. The van der Waals surface area contributed by atoms with Crippen LogP contribution >= 0.6 is 0 Å². The number of hydrogen-bond donors (Lipinski definition) is 4. The van der Waals surface area contributed by atoms with E-state index in [1.165, 1.54) is 25.3 Å². The van der Waals surface area contributed by atoms with Gasteiger partial charge in [0.1, 0.15) is 11.6 Å². The van der Waals surface area contributed by atoms with Crippen LogP contribution in [0.15, 0.2) is 47.3 Å². The molecule has 1 atom stereocenters. The lowest BCUT2D eigenvalue weighted by Gasteiger charge is -2.23. The quantitative estimate of drug-likeness (QED) is 0.319. The summed E-state index contributed by atoms with van der Waals surface area (Å²) in [6.45, 7) is 1.58. The largest absolute Gasteiger partial charge is 0.495 e. The number of carbonyl (C=O) groups excluding carboxylic acids is 2. The second-order valence-corrected chi connectivity index (χ2v) is 7.55. The highest BCUT2D eigenvalue weighted by molar-refractivity contribution is 6.04. The number of carbonyl (C=O) groups is 2. The molecule has 1 unspecified atom stereocenters. The SMILES string of the molecule is COc1ccccc1Nc1nc2c(c(=O)[nH]1)C(C(=O)Nc1ccc(C)c([N+](=O)[O-])c1)CC(=O)N2. The lowest BCUT2D eigenvalue weighted by molar-refractivity contribution is -0.385. The summed E-state index contributed by atoms with van der Waals surface area (Å²) in [5.41, 5.74) is 0.355. The summed E-state index contributed by atoms with van der Waals surface area (Å²) in [7, 11) is 1.50. The molecule has 1 aliphatic heterocycles. The topological polar surface area (TPSA) is 168 Å². The monoisotopic (exact) mass is 464 g/mol. The number of H-pyrrole nitrogens is 1. The Morgan fingerprint density at radius 2 is 2.00 bits per heavy atom. The zero-order chi connectivity index (χ0) is 24.4. The first-order valence-electron chi connectivity index (χ1n) is 10.2. The fourth-order valence-electron chi connectivity index (χ4n) is 3.64. The number of methoxy groups -OCH3 is 1. The van der Waals surface area contributed by atoms with E-state index >= 15 is 0 Å². The van der Waals surface area contributed by atoms with E-state index in [-0.39, 0.29) is 35.1 Å². The zero-order valence-electron chi connectivity index (χ0n) is 18.2. The predicted molar refractivity (Wildman–Crippen MR) is 124 cm³/mol. The van der Waals surface area contributed by atoms with Crippen LogP contribution in [0, 0.1) is 17.0 Å². The summed E-state index contributed by atoms with van der Waals surface area (Å²) in [4.78, 5) is 55.6. The molecular weight excluding hydrogens is 444 g/mol. The van der Waals surface area contributed by atoms with Gasteiger partial charge in [0.2, 0.25) is 17.8 Å². The number of fused-ring (bicyclic) bond motifs is 1. The van der Waals surface area contributed by atoms with Crippen molar-refractivity contribution in [2.45, 2.75) is 19.3 Å². The van der Waals surface area contributed by atoms with E-state index in [9.17, 15) is 24.5 Å². The average Bonchev–Trinajstić information content (AvgIpc) is 2.79. The van der Waals surface area contributed by atoms with Crippen molar-refractivity contribution in [3.05, 3.63) is 74.1 Å². The number of nitrogens with one attached hydrogen (secondary N) is 4. The molecule has 0 fully saturated rings. The minimum Gasteiger partial charge on any atom is -0.495 e. The van der Waals surface area contributed by atoms with Crippen LogP contribution in [0.2, 0.25) is 0 Å². The van der Waals surface area contributed by atoms with Crippen molar-refractivity contribution in [3.8, 4) is 5.75 Å². The summed E-state index contributed by atoms with van der Waals surface area (Å²) >= 11 is 0. The number of rotatable bonds is 6. The Kier molecular flexibility index (Phi) is 5.95. The Morgan fingerprint density at radius 3 is 2.74 bits per heavy atom. The fourth-order valence-corrected chi connectivity index (χ4v) is 3.64. The molecule has 4 rings (SSSR count). The number of ether oxygens (including phenoxy) is 1. The highest BCUT2D eigenvalue weighted by Crippen LogP contribution is 2.32. The Bertz CT molecular complexity index is 1370. The Labute approximate surface area is 192 Å². The molecule has 4 N–H and O–H groups in total. The number of aromatic nitrogens is 2. The molecule has 3 aromatic rings. The minimum atomic E-state index is -1.14. The second-order valence-electron chi connectivity index (χ2n) is 7.55. The van der Waals surface area contributed by atoms with Crippen LogP contribution in [-0.2, 0) is 9.59 Å². The lowest BCUT2D eigenvalue weighted by atomic mass is 9.92. The second kappa shape index (κ2) is 9.02. The number of anilines is 4. The lowest BCUT2D eigenvalue weighted by Crippen LogP contribution is -2.36. The molecule has 2 aromatic carbocycles. The van der Waals surface area contributed by atoms with Gasteiger partial charge in [-0.25, -0.2) is 0 Å². The number of para-hydroxylation sites is 2. The number of nitro benzene ring substituents is 1. The molecule has 0 spiro atoms. The third kappa shape index (κ3) is 4.41. The van der Waals surface area contributed by atoms with Gasteiger partial charge in [-0.15, -0.1) is 0 Å². The van der Waals surface area contributed by atoms with E-state index in [0.29, 0.717) is 17.0 Å². The van der Waals surface area contributed by atoms with Gasteiger partial charge in [-0.3, -0.25) is 29.5 Å². The first-order chi connectivity index (χ1) is 16.3. The van der Waals surface area contributed by atoms with Gasteiger partial charge >= 0.3 is 0 Å². The standard InChI is InChI=1S/C22H20N6O6/c1-11-7-8-12(9-15(11)28(32)33)23-20(30)13-10-17(29)25-19-18(13)21(31)27-22(26-19)24-14-5-3-4-6-16(14)34-2/h3-9,13H,10H2,1-2H3,(H,23,30)(H3,24,25,26,27,29,31). The summed E-state index contributed by atoms with van der Waals surface area (Å²) < 4.78 is 5.27. The van der Waals surface area contributed by atoms with E-state index in [1.54, 1.807) is 31.2 Å². The molecule has 0 saturated carbocycles. The van der Waals surface area contributed by atoms with Gasteiger partial charge in [-0.2, -0.15) is 4.98 Å². The van der Waals surface area contributed by atoms with E-state index in [1.807, 2.05) is 0 Å². The highest BCUT2D eigenvalue weighted by atomic mass is 16.6. The molecular formula is C22H20N6O6. The van der Waals surface area contributed by atoms with Crippen molar-refractivity contribution in [2.24, 2.45) is 0 Å². The molecule has 2 heterocycles. The first kappa shape index (κ1) is 22.5. The predicted octanol–water partition coefficient (Wildman–Crippen LogP) is 2.80. The smallest absolute Gasteiger partial charge is 0.274 e. The number of amides is 2. The van der Waals surface area contributed by atoms with Gasteiger partial charge < -0.3 is 20.7 Å². The number of aryl methyl sites for hydroxylation is 1. The summed E-state index contributed by atoms with van der Waals surface area (Å²) in [5, 5.41) is 19.2. The minimum absolute atomic E-state index is 0.00992. The van der Waals surface area contributed by atoms with Crippen molar-refractivity contribution < 1.29 is 19.2 Å². The number of benzene rings is 2. The summed E-state index contributed by atoms with van der Waals surface area (Å²) in [6.07, 6.45) is -0.281. The molecule has 0 aliphatic carbocycles. The number of nitrogens with zero attached hydrogens (tertiary/aromatic N) is 2. The van der Waals surface area contributed by atoms with Gasteiger partial charge in [0, 0.05) is 23.7 Å². The van der Waals surface area contributed by atoms with Crippen molar-refractivity contribution >= 4 is 40.6 Å². The van der Waals surface area contributed by atoms with E-state index in [2.05, 4.69) is 25.9 Å². The molecule has 1 aromatic heterocycles. The maximum atomic E-state index is 13.0. The molecule has 1 aliphatic rings. The molecule has 174 valence electrons. The molecule has 34 heavy (non-hydrogen) atoms. The van der Waals surface area contributed by atoms with Gasteiger partial charge in [-0.05, 0) is 25.1 Å². The fraction of sp³-hybridized carbons (Fsp3) is 0.182. The molecule has 0 bridgehead atoms. The van der Waals surface area contributed by atoms with E-state index in [0.717, 1.165) is 0 Å². The third-order valence-electron chi connectivity index (χ3n) is 5.30. The summed E-state index contributed by atoms with van der Waals surface area (Å²) in [6, 6.07) is 11.2. The maximum absolute atomic E-state index is 13.0. The van der Waals surface area contributed by atoms with E-state index in [4.69, 9.17) is 4.74 Å². The number of aromatic amines is 1. The molecule has 12 nitrogen and oxygen atoms in total. The van der Waals surface area contributed by atoms with Gasteiger partial charge in [0.05, 0.1) is 29.2 Å². The van der Waals surface area contributed by atoms with Crippen LogP contribution in [0.1, 0.15) is 23.5 Å².